The number of aromatic nitrogens is 3. The van der Waals surface area contributed by atoms with Crippen LogP contribution in [0.3, 0.4) is 0 Å². The van der Waals surface area contributed by atoms with E-state index in [0.717, 1.165) is 72.2 Å². The SMILES string of the molecule is COC(=O)N1c2ccc3c(nc(Cc4ccc(OC5CC5)nc4)n3[C@@H]3CCC[C@@H](C(=O)O)C3)c2CC[C@@H]1C. The van der Waals surface area contributed by atoms with Crippen molar-refractivity contribution in [1.29, 1.82) is 0 Å². The molecular weight excluding hydrogens is 484 g/mol. The Bertz CT molecular complexity index is 1360. The number of ether oxygens (including phenoxy) is 2. The van der Waals surface area contributed by atoms with Gasteiger partial charge in [-0.15, -0.1) is 0 Å². The van der Waals surface area contributed by atoms with Gasteiger partial charge in [-0.05, 0) is 69.6 Å². The molecular formula is C29H34N4O5. The highest BCUT2D eigenvalue weighted by Gasteiger charge is 2.34. The van der Waals surface area contributed by atoms with Crippen LogP contribution >= 0.6 is 0 Å². The average Bonchev–Trinajstić information content (AvgIpc) is 3.66. The number of aryl methyl sites for hydroxylation is 1. The third-order valence-corrected chi connectivity index (χ3v) is 8.23. The number of methoxy groups -OCH3 is 1. The lowest BCUT2D eigenvalue weighted by Crippen LogP contribution is -2.42. The average molecular weight is 519 g/mol. The van der Waals surface area contributed by atoms with Gasteiger partial charge in [0.05, 0.1) is 29.7 Å². The maximum absolute atomic E-state index is 12.6. The number of pyridine rings is 1. The molecule has 0 radical (unpaired) electrons. The fraction of sp³-hybridized carbons (Fsp3) is 0.517. The van der Waals surface area contributed by atoms with E-state index in [1.807, 2.05) is 37.4 Å². The van der Waals surface area contributed by atoms with E-state index in [1.54, 1.807) is 4.90 Å². The van der Waals surface area contributed by atoms with Gasteiger partial charge in [0.15, 0.2) is 0 Å². The van der Waals surface area contributed by atoms with Crippen LogP contribution in [-0.4, -0.2) is 51.0 Å². The first-order chi connectivity index (χ1) is 18.4. The second-order valence-electron chi connectivity index (χ2n) is 10.9. The van der Waals surface area contributed by atoms with Crippen LogP contribution in [0.2, 0.25) is 0 Å². The first-order valence-electron chi connectivity index (χ1n) is 13.7. The number of amides is 1. The second-order valence-corrected chi connectivity index (χ2v) is 10.9. The molecule has 0 unspecified atom stereocenters. The smallest absolute Gasteiger partial charge is 0.414 e. The lowest BCUT2D eigenvalue weighted by atomic mass is 9.85. The first-order valence-corrected chi connectivity index (χ1v) is 13.7. The molecule has 2 aliphatic carbocycles. The van der Waals surface area contributed by atoms with Crippen LogP contribution in [0.25, 0.3) is 11.0 Å². The topological polar surface area (TPSA) is 107 Å². The highest BCUT2D eigenvalue weighted by atomic mass is 16.5. The number of carboxylic acids is 1. The van der Waals surface area contributed by atoms with Crippen LogP contribution in [0.1, 0.15) is 74.9 Å². The van der Waals surface area contributed by atoms with Crippen molar-refractivity contribution in [3.8, 4) is 5.88 Å². The number of hydrogen-bond donors (Lipinski definition) is 1. The monoisotopic (exact) mass is 518 g/mol. The fourth-order valence-electron chi connectivity index (χ4n) is 6.10. The van der Waals surface area contributed by atoms with Crippen molar-refractivity contribution in [2.24, 2.45) is 5.92 Å². The summed E-state index contributed by atoms with van der Waals surface area (Å²) in [6, 6.07) is 8.06. The summed E-state index contributed by atoms with van der Waals surface area (Å²) in [4.78, 5) is 35.9. The summed E-state index contributed by atoms with van der Waals surface area (Å²) in [6.45, 7) is 2.03. The number of carboxylic acid groups (broad SMARTS) is 1. The van der Waals surface area contributed by atoms with E-state index >= 15 is 0 Å². The van der Waals surface area contributed by atoms with E-state index in [4.69, 9.17) is 14.5 Å². The molecule has 0 bridgehead atoms. The van der Waals surface area contributed by atoms with Gasteiger partial charge < -0.3 is 19.1 Å². The molecule has 2 aromatic heterocycles. The van der Waals surface area contributed by atoms with E-state index in [0.29, 0.717) is 31.2 Å². The summed E-state index contributed by atoms with van der Waals surface area (Å²) in [6.07, 6.45) is 9.23. The molecule has 2 fully saturated rings. The van der Waals surface area contributed by atoms with E-state index in [1.165, 1.54) is 7.11 Å². The van der Waals surface area contributed by atoms with Crippen LogP contribution in [0.4, 0.5) is 10.5 Å². The van der Waals surface area contributed by atoms with Crippen molar-refractivity contribution in [1.82, 2.24) is 14.5 Å². The molecule has 1 amide bonds. The molecule has 200 valence electrons. The molecule has 3 atom stereocenters. The van der Waals surface area contributed by atoms with Gasteiger partial charge in [0.25, 0.3) is 0 Å². The number of nitrogens with zero attached hydrogens (tertiary/aromatic N) is 4. The molecule has 3 aromatic rings. The summed E-state index contributed by atoms with van der Waals surface area (Å²) in [7, 11) is 1.41. The second kappa shape index (κ2) is 9.93. The van der Waals surface area contributed by atoms with Crippen molar-refractivity contribution >= 4 is 28.8 Å². The highest BCUT2D eigenvalue weighted by Crippen LogP contribution is 2.41. The van der Waals surface area contributed by atoms with E-state index in [9.17, 15) is 14.7 Å². The van der Waals surface area contributed by atoms with Gasteiger partial charge in [-0.25, -0.2) is 14.8 Å². The van der Waals surface area contributed by atoms with Crippen molar-refractivity contribution in [2.75, 3.05) is 12.0 Å². The molecule has 9 heteroatoms. The van der Waals surface area contributed by atoms with Gasteiger partial charge in [0.2, 0.25) is 5.88 Å². The van der Waals surface area contributed by atoms with Crippen LogP contribution in [0, 0.1) is 5.92 Å². The molecule has 3 aliphatic rings. The molecule has 2 saturated carbocycles. The largest absolute Gasteiger partial charge is 0.481 e. The van der Waals surface area contributed by atoms with Crippen LogP contribution < -0.4 is 9.64 Å². The Morgan fingerprint density at radius 2 is 1.95 bits per heavy atom. The number of hydrogen-bond acceptors (Lipinski definition) is 6. The number of benzene rings is 1. The summed E-state index contributed by atoms with van der Waals surface area (Å²) in [5, 5.41) is 9.76. The zero-order valence-electron chi connectivity index (χ0n) is 21.9. The highest BCUT2D eigenvalue weighted by molar-refractivity contribution is 5.95. The Morgan fingerprint density at radius 3 is 2.66 bits per heavy atom. The van der Waals surface area contributed by atoms with E-state index < -0.39 is 5.97 Å². The van der Waals surface area contributed by atoms with Crippen molar-refractivity contribution in [2.45, 2.75) is 82.9 Å². The minimum atomic E-state index is -0.726. The maximum atomic E-state index is 12.6. The Balaban J connectivity index is 1.42. The van der Waals surface area contributed by atoms with Crippen molar-refractivity contribution < 1.29 is 24.2 Å². The number of fused-ring (bicyclic) bond motifs is 3. The van der Waals surface area contributed by atoms with Crippen molar-refractivity contribution in [3.05, 3.63) is 47.4 Å². The van der Waals surface area contributed by atoms with E-state index in [-0.39, 0.29) is 24.1 Å². The summed E-state index contributed by atoms with van der Waals surface area (Å²) in [5.74, 6) is 0.460. The lowest BCUT2D eigenvalue weighted by molar-refractivity contribution is -0.143. The van der Waals surface area contributed by atoms with E-state index in [2.05, 4.69) is 9.55 Å². The molecule has 0 saturated heterocycles. The number of carbonyl (C=O) groups excluding carboxylic acids is 1. The molecule has 9 nitrogen and oxygen atoms in total. The van der Waals surface area contributed by atoms with Crippen LogP contribution in [-0.2, 0) is 22.4 Å². The molecule has 38 heavy (non-hydrogen) atoms. The Labute approximate surface area is 221 Å². The zero-order valence-corrected chi connectivity index (χ0v) is 21.9. The van der Waals surface area contributed by atoms with Gasteiger partial charge in [0, 0.05) is 36.3 Å². The zero-order chi connectivity index (χ0) is 26.4. The van der Waals surface area contributed by atoms with Crippen LogP contribution in [0.5, 0.6) is 5.88 Å². The number of imidazole rings is 1. The predicted molar refractivity (Wildman–Crippen MR) is 142 cm³/mol. The van der Waals surface area contributed by atoms with Crippen molar-refractivity contribution in [3.63, 3.8) is 0 Å². The van der Waals surface area contributed by atoms with Crippen LogP contribution in [0.15, 0.2) is 30.5 Å². The van der Waals surface area contributed by atoms with Gasteiger partial charge in [-0.3, -0.25) is 9.69 Å². The summed E-state index contributed by atoms with van der Waals surface area (Å²) in [5.41, 5.74) is 4.79. The Hall–Kier alpha value is -3.62. The number of carbonyl (C=O) groups is 2. The quantitative estimate of drug-likeness (QED) is 0.473. The Morgan fingerprint density at radius 1 is 1.11 bits per heavy atom. The molecule has 1 N–H and O–H groups in total. The first kappa shape index (κ1) is 24.7. The lowest BCUT2D eigenvalue weighted by Gasteiger charge is -2.34. The number of rotatable bonds is 6. The molecule has 1 aromatic carbocycles. The number of aliphatic carboxylic acids is 1. The molecule has 6 rings (SSSR count). The predicted octanol–water partition coefficient (Wildman–Crippen LogP) is 5.29. The summed E-state index contributed by atoms with van der Waals surface area (Å²) >= 11 is 0. The van der Waals surface area contributed by atoms with Gasteiger partial charge in [-0.1, -0.05) is 12.5 Å². The van der Waals surface area contributed by atoms with Gasteiger partial charge >= 0.3 is 12.1 Å². The maximum Gasteiger partial charge on any atom is 0.414 e. The minimum absolute atomic E-state index is 0.0334. The van der Waals surface area contributed by atoms with Gasteiger partial charge in [0.1, 0.15) is 11.9 Å². The molecule has 0 spiro atoms. The normalized spacial score (nSPS) is 23.2. The third-order valence-electron chi connectivity index (χ3n) is 8.23. The summed E-state index contributed by atoms with van der Waals surface area (Å²) < 4.78 is 13.2. The molecule has 1 aliphatic heterocycles. The van der Waals surface area contributed by atoms with Gasteiger partial charge in [-0.2, -0.15) is 0 Å². The third kappa shape index (κ3) is 4.59. The number of anilines is 1. The fourth-order valence-corrected chi connectivity index (χ4v) is 6.10. The Kier molecular flexibility index (Phi) is 6.45. The molecule has 3 heterocycles. The minimum Gasteiger partial charge on any atom is -0.481 e. The standard InChI is InChI=1S/C29H34N4O5/c1-17-6-10-22-23(32(17)29(36)37-2)11-12-24-27(22)31-25(33(24)20-5-3-4-19(15-20)28(34)35)14-18-7-13-26(30-16-18)38-21-8-9-21/h7,11-13,16-17,19-21H,3-6,8-10,14-15H2,1-2H3,(H,34,35)/t17-,19+,20+/m0/s1.